The molecule has 150 valence electrons. The number of amides is 2. The highest BCUT2D eigenvalue weighted by Crippen LogP contribution is 2.14. The molecule has 2 N–H and O–H groups in total. The second-order valence-electron chi connectivity index (χ2n) is 7.44. The fourth-order valence-corrected chi connectivity index (χ4v) is 3.64. The van der Waals surface area contributed by atoms with Crippen LogP contribution in [0.4, 0.5) is 4.79 Å². The Bertz CT molecular complexity index is 741. The van der Waals surface area contributed by atoms with Gasteiger partial charge in [0.05, 0.1) is 6.04 Å². The van der Waals surface area contributed by atoms with Crippen molar-refractivity contribution in [1.29, 1.82) is 0 Å². The van der Waals surface area contributed by atoms with Gasteiger partial charge in [0.1, 0.15) is 0 Å². The van der Waals surface area contributed by atoms with Gasteiger partial charge in [-0.3, -0.25) is 4.90 Å². The normalized spacial score (nSPS) is 16.5. The summed E-state index contributed by atoms with van der Waals surface area (Å²) in [5.41, 5.74) is 3.58. The van der Waals surface area contributed by atoms with Crippen molar-refractivity contribution in [2.45, 2.75) is 33.0 Å². The third-order valence-corrected chi connectivity index (χ3v) is 5.51. The molecule has 1 atom stereocenters. The van der Waals surface area contributed by atoms with Crippen LogP contribution in [0.1, 0.15) is 36.6 Å². The second kappa shape index (κ2) is 10.2. The molecule has 3 rings (SSSR count). The molecule has 5 heteroatoms. The summed E-state index contributed by atoms with van der Waals surface area (Å²) in [5, 5.41) is 6.03. The summed E-state index contributed by atoms with van der Waals surface area (Å²) in [6, 6.07) is 18.3. The zero-order valence-electron chi connectivity index (χ0n) is 17.0. The number of urea groups is 1. The van der Waals surface area contributed by atoms with E-state index in [4.69, 9.17) is 0 Å². The average molecular weight is 381 g/mol. The Morgan fingerprint density at radius 3 is 2.21 bits per heavy atom. The van der Waals surface area contributed by atoms with E-state index in [1.54, 1.807) is 0 Å². The molecule has 0 spiro atoms. The number of nitrogens with zero attached hydrogens (tertiary/aromatic N) is 2. The average Bonchev–Trinajstić information content (AvgIpc) is 2.74. The summed E-state index contributed by atoms with van der Waals surface area (Å²) in [5.74, 6) is 0. The van der Waals surface area contributed by atoms with Crippen LogP contribution in [0, 0.1) is 0 Å². The maximum Gasteiger partial charge on any atom is 0.315 e. The highest BCUT2D eigenvalue weighted by molar-refractivity contribution is 5.74. The zero-order valence-corrected chi connectivity index (χ0v) is 17.0. The molecule has 0 aromatic heterocycles. The second-order valence-corrected chi connectivity index (χ2v) is 7.44. The molecule has 2 aromatic carbocycles. The first-order chi connectivity index (χ1) is 13.7. The molecule has 2 amide bonds. The lowest BCUT2D eigenvalue weighted by molar-refractivity contribution is 0.131. The number of nitrogens with one attached hydrogen (secondary N) is 2. The van der Waals surface area contributed by atoms with Crippen molar-refractivity contribution in [3.05, 3.63) is 71.3 Å². The summed E-state index contributed by atoms with van der Waals surface area (Å²) in [4.78, 5) is 17.3. The van der Waals surface area contributed by atoms with Gasteiger partial charge in [-0.1, -0.05) is 61.5 Å². The fraction of sp³-hybridized carbons (Fsp3) is 0.435. The summed E-state index contributed by atoms with van der Waals surface area (Å²) in [7, 11) is 0. The van der Waals surface area contributed by atoms with Gasteiger partial charge in [0.25, 0.3) is 0 Å². The molecule has 0 saturated carbocycles. The van der Waals surface area contributed by atoms with Gasteiger partial charge in [-0.25, -0.2) is 4.79 Å². The Kier molecular flexibility index (Phi) is 7.46. The van der Waals surface area contributed by atoms with Gasteiger partial charge >= 0.3 is 6.03 Å². The molecule has 1 aliphatic rings. The Morgan fingerprint density at radius 1 is 0.929 bits per heavy atom. The van der Waals surface area contributed by atoms with Crippen LogP contribution in [0.5, 0.6) is 0 Å². The number of rotatable bonds is 7. The lowest BCUT2D eigenvalue weighted by Crippen LogP contribution is -2.45. The zero-order chi connectivity index (χ0) is 19.8. The molecule has 1 fully saturated rings. The van der Waals surface area contributed by atoms with Crippen LogP contribution in [0.15, 0.2) is 54.6 Å². The predicted octanol–water partition coefficient (Wildman–Crippen LogP) is 3.38. The van der Waals surface area contributed by atoms with Gasteiger partial charge < -0.3 is 15.5 Å². The minimum absolute atomic E-state index is 0.0219. The maximum atomic E-state index is 12.3. The molecule has 28 heavy (non-hydrogen) atoms. The molecule has 2 aromatic rings. The van der Waals surface area contributed by atoms with Crippen LogP contribution in [0.2, 0.25) is 0 Å². The molecule has 1 saturated heterocycles. The predicted molar refractivity (Wildman–Crippen MR) is 114 cm³/mol. The van der Waals surface area contributed by atoms with Crippen LogP contribution < -0.4 is 10.6 Å². The molecule has 0 bridgehead atoms. The van der Waals surface area contributed by atoms with Crippen molar-refractivity contribution in [2.24, 2.45) is 0 Å². The van der Waals surface area contributed by atoms with E-state index in [2.05, 4.69) is 45.6 Å². The van der Waals surface area contributed by atoms with E-state index < -0.39 is 0 Å². The van der Waals surface area contributed by atoms with E-state index >= 15 is 0 Å². The summed E-state index contributed by atoms with van der Waals surface area (Å²) in [6.45, 7) is 11.3. The van der Waals surface area contributed by atoms with Crippen LogP contribution >= 0.6 is 0 Å². The first-order valence-electron chi connectivity index (χ1n) is 10.3. The highest BCUT2D eigenvalue weighted by Gasteiger charge is 2.17. The van der Waals surface area contributed by atoms with E-state index in [1.165, 1.54) is 11.1 Å². The van der Waals surface area contributed by atoms with Crippen LogP contribution in [-0.4, -0.2) is 48.6 Å². The number of likely N-dealkylation sites (N-methyl/N-ethyl adjacent to an activating group) is 1. The van der Waals surface area contributed by atoms with E-state index in [9.17, 15) is 4.79 Å². The van der Waals surface area contributed by atoms with Crippen molar-refractivity contribution in [1.82, 2.24) is 20.4 Å². The van der Waals surface area contributed by atoms with Crippen molar-refractivity contribution >= 4 is 6.03 Å². The van der Waals surface area contributed by atoms with Crippen molar-refractivity contribution < 1.29 is 4.79 Å². The molecular weight excluding hydrogens is 348 g/mol. The minimum atomic E-state index is -0.136. The van der Waals surface area contributed by atoms with E-state index in [0.29, 0.717) is 6.54 Å². The van der Waals surface area contributed by atoms with Gasteiger partial charge in [0.2, 0.25) is 0 Å². The third kappa shape index (κ3) is 5.81. The molecular formula is C23H32N4O. The monoisotopic (exact) mass is 380 g/mol. The smallest absolute Gasteiger partial charge is 0.315 e. The molecule has 1 unspecified atom stereocenters. The molecule has 1 aliphatic heterocycles. The highest BCUT2D eigenvalue weighted by atomic mass is 16.2. The lowest BCUT2D eigenvalue weighted by atomic mass is 10.1. The largest absolute Gasteiger partial charge is 0.334 e. The molecule has 0 radical (unpaired) electrons. The quantitative estimate of drug-likeness (QED) is 0.774. The minimum Gasteiger partial charge on any atom is -0.334 e. The summed E-state index contributed by atoms with van der Waals surface area (Å²) >= 11 is 0. The van der Waals surface area contributed by atoms with Crippen molar-refractivity contribution in [3.8, 4) is 0 Å². The molecule has 0 aliphatic carbocycles. The maximum absolute atomic E-state index is 12.3. The Balaban J connectivity index is 1.51. The number of piperazine rings is 1. The van der Waals surface area contributed by atoms with Crippen LogP contribution in [-0.2, 0) is 13.1 Å². The Morgan fingerprint density at radius 2 is 1.54 bits per heavy atom. The van der Waals surface area contributed by atoms with E-state index in [-0.39, 0.29) is 12.1 Å². The number of carbonyl (C=O) groups excluding carboxylic acids is 1. The lowest BCUT2D eigenvalue weighted by Gasteiger charge is -2.34. The van der Waals surface area contributed by atoms with Gasteiger partial charge in [-0.15, -0.1) is 0 Å². The van der Waals surface area contributed by atoms with Crippen molar-refractivity contribution in [2.75, 3.05) is 32.7 Å². The number of hydrogen-bond acceptors (Lipinski definition) is 3. The molecule has 5 nitrogen and oxygen atoms in total. The fourth-order valence-electron chi connectivity index (χ4n) is 3.64. The van der Waals surface area contributed by atoms with Crippen LogP contribution in [0.3, 0.4) is 0 Å². The standard InChI is InChI=1S/C23H32N4O/c1-3-26-13-15-27(16-14-26)18-22-12-8-7-11-21(22)17-24-23(28)25-19(2)20-9-5-4-6-10-20/h4-12,19H,3,13-18H2,1-2H3,(H2,24,25,28). The SMILES string of the molecule is CCN1CCN(Cc2ccccc2CNC(=O)NC(C)c2ccccc2)CC1. The number of benzene rings is 2. The van der Waals surface area contributed by atoms with Gasteiger partial charge in [-0.2, -0.15) is 0 Å². The van der Waals surface area contributed by atoms with Gasteiger partial charge in [0, 0.05) is 39.3 Å². The summed E-state index contributed by atoms with van der Waals surface area (Å²) < 4.78 is 0. The Labute approximate surface area is 168 Å². The summed E-state index contributed by atoms with van der Waals surface area (Å²) in [6.07, 6.45) is 0. The Hall–Kier alpha value is -2.37. The first-order valence-corrected chi connectivity index (χ1v) is 10.3. The topological polar surface area (TPSA) is 47.6 Å². The third-order valence-electron chi connectivity index (χ3n) is 5.51. The van der Waals surface area contributed by atoms with E-state index in [0.717, 1.165) is 44.8 Å². The van der Waals surface area contributed by atoms with Crippen LogP contribution in [0.25, 0.3) is 0 Å². The number of hydrogen-bond donors (Lipinski definition) is 2. The molecule has 1 heterocycles. The van der Waals surface area contributed by atoms with Gasteiger partial charge in [0.15, 0.2) is 0 Å². The van der Waals surface area contributed by atoms with Gasteiger partial charge in [-0.05, 0) is 30.2 Å². The first kappa shape index (κ1) is 20.4. The van der Waals surface area contributed by atoms with E-state index in [1.807, 2.05) is 43.3 Å². The number of carbonyl (C=O) groups is 1. The van der Waals surface area contributed by atoms with Crippen molar-refractivity contribution in [3.63, 3.8) is 0 Å².